The highest BCUT2D eigenvalue weighted by Gasteiger charge is 2.19. The van der Waals surface area contributed by atoms with Gasteiger partial charge in [-0.1, -0.05) is 6.07 Å². The van der Waals surface area contributed by atoms with Gasteiger partial charge in [0.05, 0.1) is 4.90 Å². The minimum absolute atomic E-state index is 0.227. The van der Waals surface area contributed by atoms with Crippen LogP contribution in [-0.4, -0.2) is 21.4 Å². The van der Waals surface area contributed by atoms with Gasteiger partial charge < -0.3 is 0 Å². The standard InChI is InChI=1S/C7H8NO6S2/c8-15(10,11)6-2-1-5(4-9)7(3-6)16(12,13)14/h1-3H,4H2,(H2,8,10,11)(H,12,13,14). The first-order valence-electron chi connectivity index (χ1n) is 3.87. The predicted molar refractivity (Wildman–Crippen MR) is 52.0 cm³/mol. The Morgan fingerprint density at radius 3 is 2.12 bits per heavy atom. The first-order chi connectivity index (χ1) is 7.16. The molecular formula is C7H8NO6S2. The molecule has 1 aromatic carbocycles. The van der Waals surface area contributed by atoms with Crippen molar-refractivity contribution in [2.24, 2.45) is 5.14 Å². The van der Waals surface area contributed by atoms with E-state index >= 15 is 0 Å². The molecule has 0 heterocycles. The zero-order chi connectivity index (χ0) is 12.6. The molecule has 0 saturated heterocycles. The summed E-state index contributed by atoms with van der Waals surface area (Å²) in [7, 11) is -8.74. The van der Waals surface area contributed by atoms with Crippen molar-refractivity contribution in [1.29, 1.82) is 0 Å². The molecule has 1 aromatic rings. The van der Waals surface area contributed by atoms with Crippen LogP contribution in [0.2, 0.25) is 0 Å². The second kappa shape index (κ2) is 4.11. The topological polar surface area (TPSA) is 134 Å². The molecule has 89 valence electrons. The maximum absolute atomic E-state index is 10.9. The molecule has 0 atom stereocenters. The van der Waals surface area contributed by atoms with E-state index in [1.54, 1.807) is 0 Å². The van der Waals surface area contributed by atoms with Gasteiger partial charge in [-0.3, -0.25) is 4.55 Å². The van der Waals surface area contributed by atoms with E-state index in [-0.39, 0.29) is 5.56 Å². The zero-order valence-electron chi connectivity index (χ0n) is 7.82. The van der Waals surface area contributed by atoms with Crippen molar-refractivity contribution in [2.75, 3.05) is 0 Å². The maximum Gasteiger partial charge on any atom is 0.294 e. The highest BCUT2D eigenvalue weighted by molar-refractivity contribution is 7.89. The summed E-state index contributed by atoms with van der Waals surface area (Å²) >= 11 is 0. The molecule has 0 aliphatic rings. The zero-order valence-corrected chi connectivity index (χ0v) is 9.45. The monoisotopic (exact) mass is 266 g/mol. The minimum Gasteiger partial charge on any atom is -0.282 e. The van der Waals surface area contributed by atoms with E-state index in [4.69, 9.17) is 9.69 Å². The fraction of sp³-hybridized carbons (Fsp3) is 0.143. The molecule has 0 spiro atoms. The lowest BCUT2D eigenvalue weighted by Crippen LogP contribution is -2.14. The molecule has 1 rings (SSSR count). The van der Waals surface area contributed by atoms with Gasteiger partial charge >= 0.3 is 0 Å². The van der Waals surface area contributed by atoms with Gasteiger partial charge in [-0.05, 0) is 12.1 Å². The number of sulfonamides is 1. The van der Waals surface area contributed by atoms with Crippen molar-refractivity contribution in [3.05, 3.63) is 23.8 Å². The van der Waals surface area contributed by atoms with Crippen LogP contribution in [0.4, 0.5) is 0 Å². The Morgan fingerprint density at radius 2 is 1.75 bits per heavy atom. The maximum atomic E-state index is 10.9. The van der Waals surface area contributed by atoms with E-state index < -0.39 is 36.5 Å². The van der Waals surface area contributed by atoms with E-state index in [0.717, 1.165) is 12.1 Å². The summed E-state index contributed by atoms with van der Waals surface area (Å²) in [6.07, 6.45) is 0. The van der Waals surface area contributed by atoms with Crippen LogP contribution in [0.25, 0.3) is 0 Å². The van der Waals surface area contributed by atoms with Gasteiger partial charge in [0.15, 0.2) is 0 Å². The molecule has 0 fully saturated rings. The number of primary sulfonamides is 1. The Bertz CT molecular complexity index is 604. The second-order valence-electron chi connectivity index (χ2n) is 2.93. The number of hydrogen-bond donors (Lipinski definition) is 2. The van der Waals surface area contributed by atoms with Crippen molar-refractivity contribution in [2.45, 2.75) is 16.4 Å². The van der Waals surface area contributed by atoms with Gasteiger partial charge in [0.1, 0.15) is 11.5 Å². The van der Waals surface area contributed by atoms with Crippen LogP contribution in [0.15, 0.2) is 28.0 Å². The Morgan fingerprint density at radius 1 is 1.19 bits per heavy atom. The highest BCUT2D eigenvalue weighted by atomic mass is 32.2. The van der Waals surface area contributed by atoms with Crippen molar-refractivity contribution < 1.29 is 26.5 Å². The smallest absolute Gasteiger partial charge is 0.282 e. The first kappa shape index (κ1) is 13.1. The van der Waals surface area contributed by atoms with E-state index in [0.29, 0.717) is 6.07 Å². The molecule has 0 unspecified atom stereocenters. The Kier molecular flexibility index (Phi) is 3.35. The molecule has 0 saturated carbocycles. The van der Waals surface area contributed by atoms with Gasteiger partial charge in [-0.25, -0.2) is 18.7 Å². The first-order valence-corrected chi connectivity index (χ1v) is 6.86. The molecule has 16 heavy (non-hydrogen) atoms. The summed E-state index contributed by atoms with van der Waals surface area (Å²) < 4.78 is 52.4. The van der Waals surface area contributed by atoms with Crippen molar-refractivity contribution in [3.63, 3.8) is 0 Å². The van der Waals surface area contributed by atoms with Crippen LogP contribution in [-0.2, 0) is 31.9 Å². The average Bonchev–Trinajstić information content (AvgIpc) is 2.14. The van der Waals surface area contributed by atoms with Crippen LogP contribution in [0, 0.1) is 0 Å². The summed E-state index contributed by atoms with van der Waals surface area (Å²) in [4.78, 5) is -1.23. The van der Waals surface area contributed by atoms with Crippen molar-refractivity contribution >= 4 is 20.1 Å². The van der Waals surface area contributed by atoms with Gasteiger partial charge in [0, 0.05) is 5.56 Å². The summed E-state index contributed by atoms with van der Waals surface area (Å²) in [6, 6.07) is 2.64. The van der Waals surface area contributed by atoms with Crippen LogP contribution in [0.5, 0.6) is 0 Å². The van der Waals surface area contributed by atoms with E-state index in [2.05, 4.69) is 0 Å². The molecule has 7 nitrogen and oxygen atoms in total. The Hall–Kier alpha value is -1.00. The number of benzene rings is 1. The SMILES string of the molecule is NS(=O)(=O)c1ccc(C[O])c(S(=O)(=O)O)c1. The molecule has 0 aliphatic carbocycles. The van der Waals surface area contributed by atoms with Gasteiger partial charge in [-0.2, -0.15) is 8.42 Å². The quantitative estimate of drug-likeness (QED) is 0.712. The number of hydrogen-bond acceptors (Lipinski definition) is 4. The molecule has 0 aliphatic heterocycles. The molecule has 0 aromatic heterocycles. The molecule has 0 amide bonds. The third-order valence-corrected chi connectivity index (χ3v) is 3.65. The van der Waals surface area contributed by atoms with E-state index in [9.17, 15) is 21.9 Å². The van der Waals surface area contributed by atoms with Crippen LogP contribution >= 0.6 is 0 Å². The third-order valence-electron chi connectivity index (χ3n) is 1.80. The number of nitrogens with two attached hydrogens (primary N) is 1. The molecule has 0 bridgehead atoms. The van der Waals surface area contributed by atoms with E-state index in [1.807, 2.05) is 0 Å². The lowest BCUT2D eigenvalue weighted by atomic mass is 10.2. The highest BCUT2D eigenvalue weighted by Crippen LogP contribution is 2.19. The van der Waals surface area contributed by atoms with Crippen LogP contribution < -0.4 is 5.14 Å². The molecule has 1 radical (unpaired) electrons. The second-order valence-corrected chi connectivity index (χ2v) is 5.89. The lowest BCUT2D eigenvalue weighted by molar-refractivity contribution is 0.175. The summed E-state index contributed by atoms with van der Waals surface area (Å²) in [5, 5.41) is 15.4. The van der Waals surface area contributed by atoms with Crippen LogP contribution in [0.1, 0.15) is 5.56 Å². The normalized spacial score (nSPS) is 12.7. The lowest BCUT2D eigenvalue weighted by Gasteiger charge is -2.05. The number of rotatable bonds is 3. The molecule has 3 N–H and O–H groups in total. The molecule has 9 heteroatoms. The van der Waals surface area contributed by atoms with Gasteiger partial charge in [0.2, 0.25) is 10.0 Å². The predicted octanol–water partition coefficient (Wildman–Crippen LogP) is -0.489. The van der Waals surface area contributed by atoms with Crippen LogP contribution in [0.3, 0.4) is 0 Å². The average molecular weight is 266 g/mol. The summed E-state index contributed by atoms with van der Waals surface area (Å²) in [6.45, 7) is -0.903. The van der Waals surface area contributed by atoms with Gasteiger partial charge in [0.25, 0.3) is 10.1 Å². The van der Waals surface area contributed by atoms with Gasteiger partial charge in [-0.15, -0.1) is 0 Å². The summed E-state index contributed by atoms with van der Waals surface area (Å²) in [5.41, 5.74) is -0.227. The molecular weight excluding hydrogens is 258 g/mol. The third kappa shape index (κ3) is 2.77. The Labute approximate surface area is 92.3 Å². The summed E-state index contributed by atoms with van der Waals surface area (Å²) in [5.74, 6) is 0. The fourth-order valence-electron chi connectivity index (χ4n) is 1.07. The fourth-order valence-corrected chi connectivity index (χ4v) is 2.42. The van der Waals surface area contributed by atoms with Crippen molar-refractivity contribution in [1.82, 2.24) is 0 Å². The largest absolute Gasteiger partial charge is 0.294 e. The van der Waals surface area contributed by atoms with Crippen molar-refractivity contribution in [3.8, 4) is 0 Å². The minimum atomic E-state index is -4.65. The Balaban J connectivity index is 3.58. The van der Waals surface area contributed by atoms with E-state index in [1.165, 1.54) is 0 Å².